The normalized spacial score (nSPS) is 25.8. The van der Waals surface area contributed by atoms with E-state index in [0.717, 1.165) is 24.8 Å². The maximum absolute atomic E-state index is 14.7. The fourth-order valence-electron chi connectivity index (χ4n) is 4.36. The van der Waals surface area contributed by atoms with Crippen LogP contribution in [0.3, 0.4) is 0 Å². The smallest absolute Gasteiger partial charge is 0.233 e. The first kappa shape index (κ1) is 19.0. The van der Waals surface area contributed by atoms with E-state index < -0.39 is 12.3 Å². The number of rotatable bonds is 4. The van der Waals surface area contributed by atoms with Crippen molar-refractivity contribution in [1.29, 1.82) is 0 Å². The van der Waals surface area contributed by atoms with E-state index in [9.17, 15) is 9.50 Å². The zero-order chi connectivity index (χ0) is 20.7. The van der Waals surface area contributed by atoms with Crippen molar-refractivity contribution < 1.29 is 18.7 Å². The molecule has 0 aliphatic carbocycles. The van der Waals surface area contributed by atoms with Gasteiger partial charge in [-0.1, -0.05) is 12.5 Å². The van der Waals surface area contributed by atoms with E-state index >= 15 is 0 Å². The van der Waals surface area contributed by atoms with Gasteiger partial charge in [0.05, 0.1) is 5.69 Å². The van der Waals surface area contributed by atoms with Crippen LogP contribution in [0.15, 0.2) is 41.0 Å². The van der Waals surface area contributed by atoms with Gasteiger partial charge in [-0.25, -0.2) is 9.37 Å². The van der Waals surface area contributed by atoms with Crippen molar-refractivity contribution >= 4 is 0 Å². The van der Waals surface area contributed by atoms with Crippen LogP contribution >= 0.6 is 0 Å². The van der Waals surface area contributed by atoms with Crippen LogP contribution < -0.4 is 10.1 Å². The molecule has 8 heteroatoms. The molecule has 2 fully saturated rings. The molecule has 0 amide bonds. The van der Waals surface area contributed by atoms with Crippen LogP contribution in [0, 0.1) is 6.92 Å². The number of benzene rings is 1. The lowest BCUT2D eigenvalue weighted by Gasteiger charge is -2.42. The Hall–Kier alpha value is -3.00. The van der Waals surface area contributed by atoms with E-state index in [1.807, 2.05) is 6.07 Å². The van der Waals surface area contributed by atoms with Crippen LogP contribution in [0.4, 0.5) is 4.39 Å². The Labute approximate surface area is 173 Å². The van der Waals surface area contributed by atoms with Gasteiger partial charge in [0, 0.05) is 42.6 Å². The summed E-state index contributed by atoms with van der Waals surface area (Å²) in [6, 6.07) is 8.74. The molecule has 0 spiro atoms. The topological polar surface area (TPSA) is 93.3 Å². The number of halogens is 1. The number of hydrogen-bond acceptors (Lipinski definition) is 7. The van der Waals surface area contributed by atoms with Gasteiger partial charge in [-0.3, -0.25) is 0 Å². The Morgan fingerprint density at radius 3 is 2.80 bits per heavy atom. The van der Waals surface area contributed by atoms with Crippen molar-refractivity contribution in [3.8, 4) is 34.1 Å². The number of oxazole rings is 1. The van der Waals surface area contributed by atoms with Gasteiger partial charge in [0.15, 0.2) is 12.1 Å². The molecule has 2 aliphatic rings. The molecule has 7 nitrogen and oxygen atoms in total. The van der Waals surface area contributed by atoms with Crippen LogP contribution in [0.2, 0.25) is 0 Å². The number of hydrogen-bond donors (Lipinski definition) is 2. The highest BCUT2D eigenvalue weighted by atomic mass is 19.1. The second kappa shape index (κ2) is 7.68. The maximum atomic E-state index is 14.7. The third-order valence-corrected chi connectivity index (χ3v) is 5.87. The minimum atomic E-state index is -1.06. The number of phenolic OH excluding ortho intramolecular Hbond substituents is 1. The third-order valence-electron chi connectivity index (χ3n) is 5.87. The molecule has 156 valence electrons. The van der Waals surface area contributed by atoms with Crippen LogP contribution in [0.25, 0.3) is 22.5 Å². The van der Waals surface area contributed by atoms with Crippen molar-refractivity contribution in [3.05, 3.63) is 42.5 Å². The largest absolute Gasteiger partial charge is 0.507 e. The Balaban J connectivity index is 1.31. The maximum Gasteiger partial charge on any atom is 0.233 e. The van der Waals surface area contributed by atoms with Crippen LogP contribution in [0.1, 0.15) is 31.6 Å². The number of phenols is 1. The molecule has 30 heavy (non-hydrogen) atoms. The summed E-state index contributed by atoms with van der Waals surface area (Å²) in [4.78, 5) is 4.26. The molecule has 0 radical (unpaired) electrons. The number of nitrogens with zero attached hydrogens (tertiary/aromatic N) is 3. The molecule has 3 aromatic rings. The zero-order valence-corrected chi connectivity index (χ0v) is 16.6. The Kier molecular flexibility index (Phi) is 4.86. The predicted octanol–water partition coefficient (Wildman–Crippen LogP) is 3.81. The molecule has 5 rings (SSSR count). The Morgan fingerprint density at radius 2 is 2.07 bits per heavy atom. The summed E-state index contributed by atoms with van der Waals surface area (Å²) < 4.78 is 25.8. The molecule has 2 bridgehead atoms. The van der Waals surface area contributed by atoms with Gasteiger partial charge >= 0.3 is 0 Å². The highest BCUT2D eigenvalue weighted by molar-refractivity contribution is 5.72. The molecule has 2 saturated heterocycles. The Bertz CT molecular complexity index is 1040. The van der Waals surface area contributed by atoms with Crippen LogP contribution in [0.5, 0.6) is 11.6 Å². The summed E-state index contributed by atoms with van der Waals surface area (Å²) in [7, 11) is 0. The average molecular weight is 410 g/mol. The molecule has 2 aliphatic heterocycles. The van der Waals surface area contributed by atoms with Crippen molar-refractivity contribution in [2.75, 3.05) is 0 Å². The quantitative estimate of drug-likeness (QED) is 0.675. The van der Waals surface area contributed by atoms with E-state index in [-0.39, 0.29) is 11.8 Å². The Morgan fingerprint density at radius 1 is 1.17 bits per heavy atom. The van der Waals surface area contributed by atoms with Crippen molar-refractivity contribution in [2.45, 2.75) is 57.0 Å². The molecule has 0 saturated carbocycles. The van der Waals surface area contributed by atoms with Gasteiger partial charge in [0.25, 0.3) is 0 Å². The zero-order valence-electron chi connectivity index (χ0n) is 16.6. The van der Waals surface area contributed by atoms with E-state index in [0.29, 0.717) is 41.2 Å². The van der Waals surface area contributed by atoms with E-state index in [1.165, 1.54) is 0 Å². The standard InChI is InChI=1S/C22H23FN4O3/c1-12-24-18(11-29-12)13-5-6-15(19(28)9-13)16-7-8-21(27-26-16)30-20-10-14-3-2-4-17(25-14)22(20)23/h5-9,11,14,17,20,22,25,28H,2-4,10H2,1H3/t14?,17?,20-,22+/m0/s1. The van der Waals surface area contributed by atoms with E-state index in [4.69, 9.17) is 9.15 Å². The average Bonchev–Trinajstić information content (AvgIpc) is 3.19. The first-order valence-corrected chi connectivity index (χ1v) is 10.2. The molecule has 4 heterocycles. The van der Waals surface area contributed by atoms with E-state index in [2.05, 4.69) is 20.5 Å². The first-order chi connectivity index (χ1) is 14.6. The molecule has 1 aromatic carbocycles. The number of ether oxygens (including phenoxy) is 1. The number of aryl methyl sites for hydroxylation is 1. The predicted molar refractivity (Wildman–Crippen MR) is 108 cm³/mol. The van der Waals surface area contributed by atoms with Gasteiger partial charge in [-0.15, -0.1) is 10.2 Å². The number of aromatic nitrogens is 3. The summed E-state index contributed by atoms with van der Waals surface area (Å²) in [5.74, 6) is 0.912. The number of aromatic hydroxyl groups is 1. The molecular formula is C22H23FN4O3. The number of piperidine rings is 2. The van der Waals surface area contributed by atoms with Crippen LogP contribution in [-0.2, 0) is 0 Å². The minimum Gasteiger partial charge on any atom is -0.507 e. The fraction of sp³-hybridized carbons (Fsp3) is 0.409. The highest BCUT2D eigenvalue weighted by Gasteiger charge is 2.41. The number of nitrogens with one attached hydrogen (secondary N) is 1. The van der Waals surface area contributed by atoms with Gasteiger partial charge in [0.1, 0.15) is 23.8 Å². The molecule has 4 atom stereocenters. The molecule has 2 N–H and O–H groups in total. The van der Waals surface area contributed by atoms with Gasteiger partial charge in [-0.2, -0.15) is 0 Å². The molecule has 2 unspecified atom stereocenters. The van der Waals surface area contributed by atoms with Gasteiger partial charge < -0.3 is 19.6 Å². The van der Waals surface area contributed by atoms with Gasteiger partial charge in [-0.05, 0) is 31.0 Å². The highest BCUT2D eigenvalue weighted by Crippen LogP contribution is 2.33. The van der Waals surface area contributed by atoms with Crippen molar-refractivity contribution in [2.24, 2.45) is 0 Å². The van der Waals surface area contributed by atoms with Gasteiger partial charge in [0.2, 0.25) is 5.88 Å². The lowest BCUT2D eigenvalue weighted by atomic mass is 9.84. The van der Waals surface area contributed by atoms with E-state index in [1.54, 1.807) is 37.5 Å². The second-order valence-electron chi connectivity index (χ2n) is 7.98. The SMILES string of the molecule is Cc1nc(-c2ccc(-c3ccc(O[C@H]4CC5CCCC(N5)[C@H]4F)nn3)c(O)c2)co1. The first-order valence-electron chi connectivity index (χ1n) is 10.2. The number of alkyl halides is 1. The lowest BCUT2D eigenvalue weighted by molar-refractivity contribution is 0.00652. The van der Waals surface area contributed by atoms with Crippen molar-refractivity contribution in [3.63, 3.8) is 0 Å². The summed E-state index contributed by atoms with van der Waals surface area (Å²) in [6.45, 7) is 1.76. The monoisotopic (exact) mass is 410 g/mol. The second-order valence-corrected chi connectivity index (χ2v) is 7.98. The summed E-state index contributed by atoms with van der Waals surface area (Å²) in [5, 5.41) is 22.1. The molecular weight excluding hydrogens is 387 g/mol. The summed E-state index contributed by atoms with van der Waals surface area (Å²) in [6.07, 6.45) is 3.55. The number of fused-ring (bicyclic) bond motifs is 2. The third kappa shape index (κ3) is 3.63. The summed E-state index contributed by atoms with van der Waals surface area (Å²) in [5.41, 5.74) is 2.43. The summed E-state index contributed by atoms with van der Waals surface area (Å²) >= 11 is 0. The minimum absolute atomic E-state index is 0.0612. The fourth-order valence-corrected chi connectivity index (χ4v) is 4.36. The van der Waals surface area contributed by atoms with Crippen molar-refractivity contribution in [1.82, 2.24) is 20.5 Å². The van der Waals surface area contributed by atoms with Crippen LogP contribution in [-0.4, -0.2) is 44.6 Å². The lowest BCUT2D eigenvalue weighted by Crippen LogP contribution is -2.59. The molecule has 2 aromatic heterocycles.